The molecule has 150 valence electrons. The highest BCUT2D eigenvalue weighted by Gasteiger charge is 2.32. The lowest BCUT2D eigenvalue weighted by atomic mass is 9.94. The third-order valence-corrected chi connectivity index (χ3v) is 6.00. The van der Waals surface area contributed by atoms with E-state index in [1.54, 1.807) is 17.0 Å². The van der Waals surface area contributed by atoms with E-state index >= 15 is 0 Å². The molecule has 0 fully saturated rings. The molecular weight excluding hydrogens is 369 g/mol. The summed E-state index contributed by atoms with van der Waals surface area (Å²) in [6.45, 7) is 2.12. The molecular formula is C23H24FN3O2. The highest BCUT2D eigenvalue weighted by atomic mass is 19.1. The minimum atomic E-state index is -0.206. The van der Waals surface area contributed by atoms with Gasteiger partial charge in [0.05, 0.1) is 5.56 Å². The summed E-state index contributed by atoms with van der Waals surface area (Å²) in [7, 11) is 1.84. The summed E-state index contributed by atoms with van der Waals surface area (Å²) in [4.78, 5) is 17.5. The Kier molecular flexibility index (Phi) is 4.51. The average molecular weight is 393 g/mol. The van der Waals surface area contributed by atoms with Gasteiger partial charge in [0.2, 0.25) is 0 Å². The number of aromatic nitrogens is 1. The summed E-state index contributed by atoms with van der Waals surface area (Å²) < 4.78 is 19.5. The standard InChI is InChI=1S/C23H24FN3O2/c1-27-12-15-4-7-21-19(22(15)23(27)28)10-17(13-29-21)25-8-2-3-14-11-26-20-6-5-16(24)9-18(14)20/h4-7,9,11,17,25-26H,2-3,8,10,12-13H2,1H3. The molecule has 2 aliphatic heterocycles. The highest BCUT2D eigenvalue weighted by Crippen LogP contribution is 2.34. The molecule has 29 heavy (non-hydrogen) atoms. The van der Waals surface area contributed by atoms with Crippen LogP contribution in [0.2, 0.25) is 0 Å². The number of aryl methyl sites for hydroxylation is 1. The maximum Gasteiger partial charge on any atom is 0.254 e. The summed E-state index contributed by atoms with van der Waals surface area (Å²) in [6.07, 6.45) is 4.59. The number of rotatable bonds is 5. The van der Waals surface area contributed by atoms with E-state index in [0.29, 0.717) is 13.2 Å². The van der Waals surface area contributed by atoms with Crippen LogP contribution in [-0.4, -0.2) is 42.0 Å². The van der Waals surface area contributed by atoms with Gasteiger partial charge in [-0.1, -0.05) is 6.07 Å². The molecule has 1 unspecified atom stereocenters. The normalized spacial score (nSPS) is 18.1. The van der Waals surface area contributed by atoms with Gasteiger partial charge in [0.25, 0.3) is 5.91 Å². The summed E-state index contributed by atoms with van der Waals surface area (Å²) in [6, 6.07) is 9.04. The van der Waals surface area contributed by atoms with Gasteiger partial charge in [0.15, 0.2) is 0 Å². The smallest absolute Gasteiger partial charge is 0.254 e. The lowest BCUT2D eigenvalue weighted by Gasteiger charge is -2.27. The predicted octanol–water partition coefficient (Wildman–Crippen LogP) is 3.42. The number of ether oxygens (including phenoxy) is 1. The van der Waals surface area contributed by atoms with E-state index in [-0.39, 0.29) is 17.8 Å². The first-order valence-corrected chi connectivity index (χ1v) is 10.1. The molecule has 1 aromatic heterocycles. The Balaban J connectivity index is 1.21. The number of halogens is 1. The van der Waals surface area contributed by atoms with Crippen molar-refractivity contribution in [1.82, 2.24) is 15.2 Å². The van der Waals surface area contributed by atoms with E-state index < -0.39 is 0 Å². The molecule has 3 aromatic rings. The van der Waals surface area contributed by atoms with Crippen LogP contribution in [-0.2, 0) is 19.4 Å². The first kappa shape index (κ1) is 18.2. The number of carbonyl (C=O) groups is 1. The number of nitrogens with one attached hydrogen (secondary N) is 2. The van der Waals surface area contributed by atoms with E-state index in [1.165, 1.54) is 6.07 Å². The predicted molar refractivity (Wildman–Crippen MR) is 110 cm³/mol. The molecule has 0 aliphatic carbocycles. The molecule has 0 saturated heterocycles. The molecule has 1 amide bonds. The van der Waals surface area contributed by atoms with Gasteiger partial charge in [-0.15, -0.1) is 0 Å². The van der Waals surface area contributed by atoms with Crippen LogP contribution in [0.5, 0.6) is 5.75 Å². The van der Waals surface area contributed by atoms with Crippen LogP contribution in [0.4, 0.5) is 4.39 Å². The minimum Gasteiger partial charge on any atom is -0.492 e. The Morgan fingerprint density at radius 1 is 1.31 bits per heavy atom. The van der Waals surface area contributed by atoms with Crippen LogP contribution in [0.3, 0.4) is 0 Å². The van der Waals surface area contributed by atoms with Gasteiger partial charge in [-0.3, -0.25) is 4.79 Å². The number of nitrogens with zero attached hydrogens (tertiary/aromatic N) is 1. The van der Waals surface area contributed by atoms with E-state index in [4.69, 9.17) is 4.74 Å². The fraction of sp³-hybridized carbons (Fsp3) is 0.348. The van der Waals surface area contributed by atoms with Gasteiger partial charge in [-0.2, -0.15) is 0 Å². The first-order valence-electron chi connectivity index (χ1n) is 10.1. The highest BCUT2D eigenvalue weighted by molar-refractivity contribution is 6.00. The molecule has 1 atom stereocenters. The van der Waals surface area contributed by atoms with E-state index in [9.17, 15) is 9.18 Å². The zero-order chi connectivity index (χ0) is 20.0. The number of hydrogen-bond acceptors (Lipinski definition) is 3. The molecule has 2 aliphatic rings. The maximum absolute atomic E-state index is 13.5. The maximum atomic E-state index is 13.5. The van der Waals surface area contributed by atoms with Crippen molar-refractivity contribution in [3.8, 4) is 5.75 Å². The van der Waals surface area contributed by atoms with Crippen LogP contribution >= 0.6 is 0 Å². The number of benzene rings is 2. The molecule has 5 rings (SSSR count). The van der Waals surface area contributed by atoms with Crippen molar-refractivity contribution < 1.29 is 13.9 Å². The lowest BCUT2D eigenvalue weighted by Crippen LogP contribution is -2.40. The van der Waals surface area contributed by atoms with Crippen molar-refractivity contribution in [1.29, 1.82) is 0 Å². The van der Waals surface area contributed by atoms with E-state index in [1.807, 2.05) is 25.4 Å². The third kappa shape index (κ3) is 3.27. The zero-order valence-corrected chi connectivity index (χ0v) is 16.4. The van der Waals surface area contributed by atoms with Gasteiger partial charge < -0.3 is 19.9 Å². The molecule has 2 N–H and O–H groups in total. The Morgan fingerprint density at radius 2 is 2.21 bits per heavy atom. The SMILES string of the molecule is CN1Cc2ccc3c(c2C1=O)CC(NCCCc1c[nH]c2ccc(F)cc12)CO3. The van der Waals surface area contributed by atoms with Crippen LogP contribution in [0.25, 0.3) is 10.9 Å². The summed E-state index contributed by atoms with van der Waals surface area (Å²) in [5.74, 6) is 0.723. The molecule has 3 heterocycles. The molecule has 0 saturated carbocycles. The van der Waals surface area contributed by atoms with Gasteiger partial charge >= 0.3 is 0 Å². The van der Waals surface area contributed by atoms with Crippen LogP contribution in [0, 0.1) is 5.82 Å². The van der Waals surface area contributed by atoms with Crippen LogP contribution in [0.15, 0.2) is 36.5 Å². The molecule has 0 bridgehead atoms. The fourth-order valence-electron chi connectivity index (χ4n) is 4.50. The molecule has 6 heteroatoms. The van der Waals surface area contributed by atoms with Crippen molar-refractivity contribution in [3.05, 3.63) is 64.6 Å². The number of amides is 1. The number of fused-ring (bicyclic) bond motifs is 4. The Hall–Kier alpha value is -2.86. The monoisotopic (exact) mass is 393 g/mol. The second-order valence-electron chi connectivity index (χ2n) is 8.01. The summed E-state index contributed by atoms with van der Waals surface area (Å²) >= 11 is 0. The zero-order valence-electron chi connectivity index (χ0n) is 16.4. The van der Waals surface area contributed by atoms with Gasteiger partial charge in [0.1, 0.15) is 18.2 Å². The van der Waals surface area contributed by atoms with Crippen LogP contribution < -0.4 is 10.1 Å². The lowest BCUT2D eigenvalue weighted by molar-refractivity contribution is 0.0814. The Labute approximate surface area is 168 Å². The second-order valence-corrected chi connectivity index (χ2v) is 8.01. The van der Waals surface area contributed by atoms with Crippen molar-refractivity contribution in [2.24, 2.45) is 0 Å². The molecule has 5 nitrogen and oxygen atoms in total. The number of H-pyrrole nitrogens is 1. The minimum absolute atomic E-state index is 0.0904. The largest absolute Gasteiger partial charge is 0.492 e. The number of aromatic amines is 1. The first-order chi connectivity index (χ1) is 14.1. The Morgan fingerprint density at radius 3 is 3.10 bits per heavy atom. The molecule has 0 spiro atoms. The Bertz CT molecular complexity index is 1090. The van der Waals surface area contributed by atoms with Crippen LogP contribution in [0.1, 0.15) is 33.5 Å². The topological polar surface area (TPSA) is 57.4 Å². The quantitative estimate of drug-likeness (QED) is 0.653. The van der Waals surface area contributed by atoms with E-state index in [2.05, 4.69) is 10.3 Å². The molecule has 2 aromatic carbocycles. The summed E-state index contributed by atoms with van der Waals surface area (Å²) in [5.41, 5.74) is 5.06. The molecule has 0 radical (unpaired) electrons. The third-order valence-electron chi connectivity index (χ3n) is 6.00. The van der Waals surface area contributed by atoms with Crippen molar-refractivity contribution in [3.63, 3.8) is 0 Å². The number of carbonyl (C=O) groups excluding carboxylic acids is 1. The average Bonchev–Trinajstić information content (AvgIpc) is 3.25. The van der Waals surface area contributed by atoms with Gasteiger partial charge in [-0.05, 0) is 61.2 Å². The fourth-order valence-corrected chi connectivity index (χ4v) is 4.50. The van der Waals surface area contributed by atoms with Gasteiger partial charge in [0, 0.05) is 42.3 Å². The number of hydrogen-bond donors (Lipinski definition) is 2. The second kappa shape index (κ2) is 7.19. The summed E-state index contributed by atoms with van der Waals surface area (Å²) in [5, 5.41) is 4.52. The van der Waals surface area contributed by atoms with Gasteiger partial charge in [-0.25, -0.2) is 4.39 Å². The van der Waals surface area contributed by atoms with E-state index in [0.717, 1.165) is 64.7 Å². The van der Waals surface area contributed by atoms with Crippen molar-refractivity contribution in [2.45, 2.75) is 31.8 Å². The van der Waals surface area contributed by atoms with Crippen molar-refractivity contribution in [2.75, 3.05) is 20.2 Å². The van der Waals surface area contributed by atoms with Crippen molar-refractivity contribution >= 4 is 16.8 Å².